The molecule has 0 aliphatic heterocycles. The summed E-state index contributed by atoms with van der Waals surface area (Å²) >= 11 is 0. The van der Waals surface area contributed by atoms with Crippen LogP contribution in [0.15, 0.2) is 36.4 Å². The highest BCUT2D eigenvalue weighted by Gasteiger charge is 2.17. The van der Waals surface area contributed by atoms with Crippen LogP contribution < -0.4 is 5.32 Å². The van der Waals surface area contributed by atoms with Crippen molar-refractivity contribution in [3.63, 3.8) is 0 Å². The van der Waals surface area contributed by atoms with Gasteiger partial charge in [-0.1, -0.05) is 29.8 Å². The maximum absolute atomic E-state index is 12.6. The van der Waals surface area contributed by atoms with Crippen molar-refractivity contribution in [2.45, 2.75) is 39.6 Å². The molecular formula is C21H25N3O3S. The zero-order chi connectivity index (χ0) is 20.5. The SMILES string of the molecule is Cc1cc(C)c(CNC(=O)Cn2c(CS(C)(=O)=O)nc3ccccc32)c(C)c1. The minimum atomic E-state index is -3.27. The van der Waals surface area contributed by atoms with Gasteiger partial charge in [-0.05, 0) is 49.6 Å². The number of hydrogen-bond donors (Lipinski definition) is 1. The molecule has 1 N–H and O–H groups in total. The van der Waals surface area contributed by atoms with Crippen LogP contribution in [0, 0.1) is 20.8 Å². The highest BCUT2D eigenvalue weighted by Crippen LogP contribution is 2.18. The van der Waals surface area contributed by atoms with E-state index in [4.69, 9.17) is 0 Å². The first kappa shape index (κ1) is 20.1. The quantitative estimate of drug-likeness (QED) is 0.691. The van der Waals surface area contributed by atoms with Crippen LogP contribution in [0.3, 0.4) is 0 Å². The standard InChI is InChI=1S/C21H25N3O3S/c1-14-9-15(2)17(16(3)10-14)11-22-21(25)12-24-19-8-6-5-7-18(19)23-20(24)13-28(4,26)27/h5-10H,11-13H2,1-4H3,(H,22,25). The molecule has 28 heavy (non-hydrogen) atoms. The fourth-order valence-corrected chi connectivity index (χ4v) is 4.21. The molecule has 0 aliphatic rings. The summed E-state index contributed by atoms with van der Waals surface area (Å²) < 4.78 is 25.2. The topological polar surface area (TPSA) is 81.1 Å². The van der Waals surface area contributed by atoms with Crippen molar-refractivity contribution >= 4 is 26.8 Å². The smallest absolute Gasteiger partial charge is 0.240 e. The van der Waals surface area contributed by atoms with Crippen LogP contribution in [0.2, 0.25) is 0 Å². The number of aryl methyl sites for hydroxylation is 3. The van der Waals surface area contributed by atoms with E-state index in [1.54, 1.807) is 4.57 Å². The minimum Gasteiger partial charge on any atom is -0.350 e. The molecule has 0 spiro atoms. The summed E-state index contributed by atoms with van der Waals surface area (Å²) in [7, 11) is -3.27. The predicted molar refractivity (Wildman–Crippen MR) is 111 cm³/mol. The number of imidazole rings is 1. The van der Waals surface area contributed by atoms with E-state index >= 15 is 0 Å². The van der Waals surface area contributed by atoms with Crippen molar-refractivity contribution < 1.29 is 13.2 Å². The summed E-state index contributed by atoms with van der Waals surface area (Å²) in [5.41, 5.74) is 6.01. The lowest BCUT2D eigenvalue weighted by Crippen LogP contribution is -2.28. The molecule has 1 amide bonds. The number of sulfone groups is 1. The zero-order valence-corrected chi connectivity index (χ0v) is 17.4. The molecule has 0 aliphatic carbocycles. The highest BCUT2D eigenvalue weighted by molar-refractivity contribution is 7.89. The maximum atomic E-state index is 12.6. The van der Waals surface area contributed by atoms with Crippen LogP contribution in [0.1, 0.15) is 28.1 Å². The Balaban J connectivity index is 1.82. The van der Waals surface area contributed by atoms with Gasteiger partial charge in [0.1, 0.15) is 18.1 Å². The van der Waals surface area contributed by atoms with Gasteiger partial charge in [-0.3, -0.25) is 4.79 Å². The molecule has 0 bridgehead atoms. The third kappa shape index (κ3) is 4.59. The molecule has 3 aromatic rings. The summed E-state index contributed by atoms with van der Waals surface area (Å²) in [6, 6.07) is 11.5. The molecule has 0 atom stereocenters. The average molecular weight is 400 g/mol. The number of hydrogen-bond acceptors (Lipinski definition) is 4. The normalized spacial score (nSPS) is 11.7. The predicted octanol–water partition coefficient (Wildman–Crippen LogP) is 2.82. The van der Waals surface area contributed by atoms with E-state index in [2.05, 4.69) is 29.4 Å². The van der Waals surface area contributed by atoms with E-state index in [9.17, 15) is 13.2 Å². The lowest BCUT2D eigenvalue weighted by Gasteiger charge is -2.13. The molecule has 1 heterocycles. The van der Waals surface area contributed by atoms with Crippen molar-refractivity contribution in [3.8, 4) is 0 Å². The molecule has 3 rings (SSSR count). The van der Waals surface area contributed by atoms with Gasteiger partial charge >= 0.3 is 0 Å². The van der Waals surface area contributed by atoms with Gasteiger partial charge in [0.05, 0.1) is 11.0 Å². The van der Waals surface area contributed by atoms with Crippen LogP contribution in [-0.4, -0.2) is 30.1 Å². The minimum absolute atomic E-state index is 0.0231. The Morgan fingerprint density at radius 2 is 1.75 bits per heavy atom. The third-order valence-corrected chi connectivity index (χ3v) is 5.51. The Kier molecular flexibility index (Phi) is 5.56. The van der Waals surface area contributed by atoms with Gasteiger partial charge in [0.15, 0.2) is 9.84 Å². The summed E-state index contributed by atoms with van der Waals surface area (Å²) in [5.74, 6) is -0.00988. The molecule has 1 aromatic heterocycles. The Bertz CT molecular complexity index is 1120. The van der Waals surface area contributed by atoms with Gasteiger partial charge in [0, 0.05) is 12.8 Å². The van der Waals surface area contributed by atoms with E-state index in [1.165, 1.54) is 11.8 Å². The summed E-state index contributed by atoms with van der Waals surface area (Å²) in [4.78, 5) is 17.0. The number of nitrogens with one attached hydrogen (secondary N) is 1. The number of rotatable bonds is 6. The van der Waals surface area contributed by atoms with Crippen LogP contribution in [-0.2, 0) is 33.5 Å². The fraction of sp³-hybridized carbons (Fsp3) is 0.333. The van der Waals surface area contributed by atoms with Crippen molar-refractivity contribution in [2.75, 3.05) is 6.26 Å². The van der Waals surface area contributed by atoms with Gasteiger partial charge in [0.25, 0.3) is 0 Å². The van der Waals surface area contributed by atoms with Crippen LogP contribution in [0.5, 0.6) is 0 Å². The number of carbonyl (C=O) groups is 1. The second-order valence-corrected chi connectivity index (χ2v) is 9.47. The van der Waals surface area contributed by atoms with E-state index in [-0.39, 0.29) is 18.2 Å². The lowest BCUT2D eigenvalue weighted by atomic mass is 10.00. The summed E-state index contributed by atoms with van der Waals surface area (Å²) in [6.07, 6.45) is 1.17. The second kappa shape index (κ2) is 7.75. The number of carbonyl (C=O) groups excluding carboxylic acids is 1. The van der Waals surface area contributed by atoms with Gasteiger partial charge in [0.2, 0.25) is 5.91 Å². The first-order valence-electron chi connectivity index (χ1n) is 9.09. The molecule has 148 valence electrons. The summed E-state index contributed by atoms with van der Waals surface area (Å²) in [6.45, 7) is 6.58. The van der Waals surface area contributed by atoms with Crippen molar-refractivity contribution in [1.29, 1.82) is 0 Å². The van der Waals surface area contributed by atoms with Gasteiger partial charge in [-0.15, -0.1) is 0 Å². The van der Waals surface area contributed by atoms with Crippen molar-refractivity contribution in [1.82, 2.24) is 14.9 Å². The average Bonchev–Trinajstić information content (AvgIpc) is 2.89. The Morgan fingerprint density at radius 1 is 1.11 bits per heavy atom. The van der Waals surface area contributed by atoms with Crippen LogP contribution >= 0.6 is 0 Å². The molecule has 6 nitrogen and oxygen atoms in total. The molecule has 0 unspecified atom stereocenters. The molecule has 0 radical (unpaired) electrons. The molecule has 0 saturated carbocycles. The van der Waals surface area contributed by atoms with Crippen LogP contribution in [0.25, 0.3) is 11.0 Å². The zero-order valence-electron chi connectivity index (χ0n) is 16.6. The Labute approximate surface area is 165 Å². The first-order chi connectivity index (χ1) is 13.1. The van der Waals surface area contributed by atoms with Gasteiger partial charge < -0.3 is 9.88 Å². The fourth-order valence-electron chi connectivity index (χ4n) is 3.52. The number of fused-ring (bicyclic) bond motifs is 1. The molecule has 2 aromatic carbocycles. The van der Waals surface area contributed by atoms with Crippen LogP contribution in [0.4, 0.5) is 0 Å². The second-order valence-electron chi connectivity index (χ2n) is 7.33. The third-order valence-electron chi connectivity index (χ3n) is 4.73. The largest absolute Gasteiger partial charge is 0.350 e. The highest BCUT2D eigenvalue weighted by atomic mass is 32.2. The Hall–Kier alpha value is -2.67. The van der Waals surface area contributed by atoms with E-state index < -0.39 is 9.84 Å². The van der Waals surface area contributed by atoms with E-state index in [1.807, 2.05) is 38.1 Å². The number of para-hydroxylation sites is 2. The number of benzene rings is 2. The first-order valence-corrected chi connectivity index (χ1v) is 11.2. The number of aromatic nitrogens is 2. The maximum Gasteiger partial charge on any atom is 0.240 e. The molecule has 0 fully saturated rings. The molecular weight excluding hydrogens is 374 g/mol. The van der Waals surface area contributed by atoms with Gasteiger partial charge in [-0.2, -0.15) is 0 Å². The van der Waals surface area contributed by atoms with Gasteiger partial charge in [-0.25, -0.2) is 13.4 Å². The Morgan fingerprint density at radius 3 is 2.39 bits per heavy atom. The van der Waals surface area contributed by atoms with Crippen molar-refractivity contribution in [2.24, 2.45) is 0 Å². The van der Waals surface area contributed by atoms with E-state index in [0.29, 0.717) is 17.9 Å². The summed E-state index contributed by atoms with van der Waals surface area (Å²) in [5, 5.41) is 2.96. The molecule has 7 heteroatoms. The monoisotopic (exact) mass is 399 g/mol. The van der Waals surface area contributed by atoms with Crippen molar-refractivity contribution in [3.05, 3.63) is 64.5 Å². The number of nitrogens with zero attached hydrogens (tertiary/aromatic N) is 2. The van der Waals surface area contributed by atoms with E-state index in [0.717, 1.165) is 22.2 Å². The lowest BCUT2D eigenvalue weighted by molar-refractivity contribution is -0.121. The molecule has 0 saturated heterocycles. The number of amides is 1.